The molecule has 6 nitrogen and oxygen atoms in total. The molecular formula is C12H15NO5. The van der Waals surface area contributed by atoms with Gasteiger partial charge < -0.3 is 14.5 Å². The summed E-state index contributed by atoms with van der Waals surface area (Å²) >= 11 is 0. The number of pyridine rings is 1. The lowest BCUT2D eigenvalue weighted by molar-refractivity contribution is -0.142. The van der Waals surface area contributed by atoms with Crippen molar-refractivity contribution in [2.45, 2.75) is 20.3 Å². The van der Waals surface area contributed by atoms with E-state index >= 15 is 0 Å². The first-order valence-corrected chi connectivity index (χ1v) is 5.63. The molecule has 1 rings (SSSR count). The average Bonchev–Trinajstić information content (AvgIpc) is 2.29. The first kappa shape index (κ1) is 14.0. The number of H-pyrrole nitrogens is 1. The lowest BCUT2D eigenvalue weighted by Gasteiger charge is -2.07. The standard InChI is InChI=1S/C12H15NO5/c1-3-17-11(15)7-9-8(12(16)18-4-2)5-6-10(14)13-9/h5-6H,3-4,7H2,1-2H3,(H,13,14). The predicted octanol–water partition coefficient (Wildman–Crippen LogP) is 0.657. The molecule has 0 radical (unpaired) electrons. The van der Waals surface area contributed by atoms with Gasteiger partial charge in [-0.3, -0.25) is 9.59 Å². The van der Waals surface area contributed by atoms with Crippen molar-refractivity contribution in [3.05, 3.63) is 33.7 Å². The molecule has 98 valence electrons. The van der Waals surface area contributed by atoms with Gasteiger partial charge in [-0.15, -0.1) is 0 Å². The van der Waals surface area contributed by atoms with Crippen LogP contribution in [-0.4, -0.2) is 30.1 Å². The first-order valence-electron chi connectivity index (χ1n) is 5.63. The van der Waals surface area contributed by atoms with E-state index in [0.717, 1.165) is 0 Å². The molecule has 0 aliphatic carbocycles. The third-order valence-corrected chi connectivity index (χ3v) is 2.12. The number of rotatable bonds is 5. The summed E-state index contributed by atoms with van der Waals surface area (Å²) in [5, 5.41) is 0. The molecule has 0 aliphatic heterocycles. The zero-order valence-corrected chi connectivity index (χ0v) is 10.3. The van der Waals surface area contributed by atoms with E-state index in [1.807, 2.05) is 0 Å². The Bertz CT molecular complexity index is 491. The van der Waals surface area contributed by atoms with E-state index < -0.39 is 11.9 Å². The van der Waals surface area contributed by atoms with Crippen LogP contribution in [0.15, 0.2) is 16.9 Å². The smallest absolute Gasteiger partial charge is 0.339 e. The fourth-order valence-electron chi connectivity index (χ4n) is 1.41. The van der Waals surface area contributed by atoms with Crippen LogP contribution >= 0.6 is 0 Å². The number of aromatic nitrogens is 1. The van der Waals surface area contributed by atoms with E-state index in [1.54, 1.807) is 13.8 Å². The van der Waals surface area contributed by atoms with Gasteiger partial charge in [0, 0.05) is 11.8 Å². The Morgan fingerprint density at radius 1 is 1.17 bits per heavy atom. The molecule has 18 heavy (non-hydrogen) atoms. The van der Waals surface area contributed by atoms with Crippen molar-refractivity contribution in [1.82, 2.24) is 4.98 Å². The number of hydrogen-bond donors (Lipinski definition) is 1. The second kappa shape index (κ2) is 6.58. The van der Waals surface area contributed by atoms with Crippen molar-refractivity contribution in [2.24, 2.45) is 0 Å². The van der Waals surface area contributed by atoms with Gasteiger partial charge in [-0.25, -0.2) is 4.79 Å². The van der Waals surface area contributed by atoms with Gasteiger partial charge in [0.25, 0.3) is 0 Å². The van der Waals surface area contributed by atoms with Crippen molar-refractivity contribution in [3.63, 3.8) is 0 Å². The van der Waals surface area contributed by atoms with E-state index in [-0.39, 0.29) is 36.5 Å². The third-order valence-electron chi connectivity index (χ3n) is 2.12. The fourth-order valence-corrected chi connectivity index (χ4v) is 1.41. The molecule has 6 heteroatoms. The van der Waals surface area contributed by atoms with Crippen LogP contribution in [0.2, 0.25) is 0 Å². The molecule has 0 saturated heterocycles. The topological polar surface area (TPSA) is 85.5 Å². The molecular weight excluding hydrogens is 238 g/mol. The summed E-state index contributed by atoms with van der Waals surface area (Å²) in [6.07, 6.45) is -0.169. The number of carbonyl (C=O) groups excluding carboxylic acids is 2. The maximum Gasteiger partial charge on any atom is 0.339 e. The van der Waals surface area contributed by atoms with Crippen LogP contribution in [-0.2, 0) is 20.7 Å². The number of nitrogens with one attached hydrogen (secondary N) is 1. The third kappa shape index (κ3) is 3.73. The summed E-state index contributed by atoms with van der Waals surface area (Å²) < 4.78 is 9.60. The van der Waals surface area contributed by atoms with Crippen molar-refractivity contribution < 1.29 is 19.1 Å². The Balaban J connectivity index is 3.00. The highest BCUT2D eigenvalue weighted by Crippen LogP contribution is 2.07. The SMILES string of the molecule is CCOC(=O)Cc1[nH]c(=O)ccc1C(=O)OCC. The van der Waals surface area contributed by atoms with Crippen LogP contribution in [0, 0.1) is 0 Å². The van der Waals surface area contributed by atoms with Crippen molar-refractivity contribution in [3.8, 4) is 0 Å². The minimum atomic E-state index is -0.576. The lowest BCUT2D eigenvalue weighted by atomic mass is 10.1. The van der Waals surface area contributed by atoms with Crippen LogP contribution in [0.3, 0.4) is 0 Å². The second-order valence-corrected chi connectivity index (χ2v) is 3.42. The molecule has 1 aromatic rings. The Labute approximate surface area is 104 Å². The Morgan fingerprint density at radius 2 is 1.83 bits per heavy atom. The zero-order chi connectivity index (χ0) is 13.5. The van der Waals surface area contributed by atoms with Crippen LogP contribution in [0.5, 0.6) is 0 Å². The quantitative estimate of drug-likeness (QED) is 0.779. The number of ether oxygens (including phenoxy) is 2. The van der Waals surface area contributed by atoms with Gasteiger partial charge in [-0.2, -0.15) is 0 Å². The maximum atomic E-state index is 11.6. The van der Waals surface area contributed by atoms with E-state index in [9.17, 15) is 14.4 Å². The molecule has 0 aliphatic rings. The first-order chi connectivity index (χ1) is 8.58. The minimum Gasteiger partial charge on any atom is -0.466 e. The molecule has 1 heterocycles. The highest BCUT2D eigenvalue weighted by molar-refractivity contribution is 5.91. The Kier molecular flexibility index (Phi) is 5.10. The largest absolute Gasteiger partial charge is 0.466 e. The molecule has 0 saturated carbocycles. The summed E-state index contributed by atoms with van der Waals surface area (Å²) in [5.41, 5.74) is -0.00810. The van der Waals surface area contributed by atoms with Gasteiger partial charge in [0.2, 0.25) is 5.56 Å². The Hall–Kier alpha value is -2.11. The second-order valence-electron chi connectivity index (χ2n) is 3.42. The molecule has 0 aromatic carbocycles. The monoisotopic (exact) mass is 253 g/mol. The number of esters is 2. The van der Waals surface area contributed by atoms with E-state index in [1.165, 1.54) is 12.1 Å². The van der Waals surface area contributed by atoms with Gasteiger partial charge in [-0.05, 0) is 19.9 Å². The Morgan fingerprint density at radius 3 is 2.44 bits per heavy atom. The molecule has 0 unspecified atom stereocenters. The maximum absolute atomic E-state index is 11.6. The fraction of sp³-hybridized carbons (Fsp3) is 0.417. The van der Waals surface area contributed by atoms with Crippen molar-refractivity contribution in [2.75, 3.05) is 13.2 Å². The van der Waals surface area contributed by atoms with Gasteiger partial charge in [-0.1, -0.05) is 0 Å². The number of aromatic amines is 1. The highest BCUT2D eigenvalue weighted by atomic mass is 16.5. The molecule has 0 amide bonds. The molecule has 0 bridgehead atoms. The average molecular weight is 253 g/mol. The molecule has 1 N–H and O–H groups in total. The van der Waals surface area contributed by atoms with Crippen LogP contribution in [0.1, 0.15) is 29.9 Å². The van der Waals surface area contributed by atoms with Gasteiger partial charge in [0.05, 0.1) is 25.2 Å². The van der Waals surface area contributed by atoms with Crippen molar-refractivity contribution >= 4 is 11.9 Å². The zero-order valence-electron chi connectivity index (χ0n) is 10.3. The van der Waals surface area contributed by atoms with E-state index in [4.69, 9.17) is 9.47 Å². The molecule has 0 fully saturated rings. The number of carbonyl (C=O) groups is 2. The van der Waals surface area contributed by atoms with Gasteiger partial charge >= 0.3 is 11.9 Å². The summed E-state index contributed by atoms with van der Waals surface area (Å²) in [6.45, 7) is 3.81. The van der Waals surface area contributed by atoms with Gasteiger partial charge in [0.1, 0.15) is 0 Å². The van der Waals surface area contributed by atoms with Crippen LogP contribution in [0.4, 0.5) is 0 Å². The van der Waals surface area contributed by atoms with Crippen LogP contribution < -0.4 is 5.56 Å². The normalized spacial score (nSPS) is 9.89. The van der Waals surface area contributed by atoms with Crippen LogP contribution in [0.25, 0.3) is 0 Å². The van der Waals surface area contributed by atoms with Gasteiger partial charge in [0.15, 0.2) is 0 Å². The summed E-state index contributed by atoms with van der Waals surface area (Å²) in [5.74, 6) is -1.09. The molecule has 0 atom stereocenters. The predicted molar refractivity (Wildman–Crippen MR) is 63.4 cm³/mol. The van der Waals surface area contributed by atoms with E-state index in [0.29, 0.717) is 0 Å². The molecule has 1 aromatic heterocycles. The summed E-state index contributed by atoms with van der Waals surface area (Å²) in [7, 11) is 0. The summed E-state index contributed by atoms with van der Waals surface area (Å²) in [6, 6.07) is 2.55. The lowest BCUT2D eigenvalue weighted by Crippen LogP contribution is -2.19. The summed E-state index contributed by atoms with van der Waals surface area (Å²) in [4.78, 5) is 36.6. The number of hydrogen-bond acceptors (Lipinski definition) is 5. The highest BCUT2D eigenvalue weighted by Gasteiger charge is 2.16. The van der Waals surface area contributed by atoms with Crippen molar-refractivity contribution in [1.29, 1.82) is 0 Å². The molecule has 0 spiro atoms. The minimum absolute atomic E-state index is 0.169. The van der Waals surface area contributed by atoms with E-state index in [2.05, 4.69) is 4.98 Å².